The van der Waals surface area contributed by atoms with Crippen molar-refractivity contribution < 1.29 is 26.9 Å². The molecule has 7 heteroatoms. The fourth-order valence-electron chi connectivity index (χ4n) is 4.11. The third kappa shape index (κ3) is 7.14. The van der Waals surface area contributed by atoms with Crippen molar-refractivity contribution in [3.8, 4) is 23.3 Å². The lowest BCUT2D eigenvalue weighted by atomic mass is 9.97. The van der Waals surface area contributed by atoms with Gasteiger partial charge in [0.15, 0.2) is 0 Å². The van der Waals surface area contributed by atoms with E-state index in [0.29, 0.717) is 18.6 Å². The number of rotatable bonds is 7. The summed E-state index contributed by atoms with van der Waals surface area (Å²) >= 11 is 0. The van der Waals surface area contributed by atoms with Crippen LogP contribution in [0.1, 0.15) is 35.6 Å². The van der Waals surface area contributed by atoms with Gasteiger partial charge >= 0.3 is 10.1 Å². The Labute approximate surface area is 228 Å². The van der Waals surface area contributed by atoms with Crippen LogP contribution in [-0.2, 0) is 26.3 Å². The maximum absolute atomic E-state index is 12.4. The lowest BCUT2D eigenvalue weighted by molar-refractivity contribution is -0.132. The van der Waals surface area contributed by atoms with Crippen LogP contribution in [0.25, 0.3) is 0 Å². The van der Waals surface area contributed by atoms with Crippen LogP contribution < -0.4 is 8.92 Å². The molecule has 1 saturated heterocycles. The molecule has 0 spiro atoms. The number of hydrogen-bond acceptors (Lipinski definition) is 6. The van der Waals surface area contributed by atoms with Crippen LogP contribution in [0.4, 0.5) is 0 Å². The number of ether oxygens (including phenoxy) is 2. The van der Waals surface area contributed by atoms with Crippen molar-refractivity contribution in [1.29, 1.82) is 0 Å². The lowest BCUT2D eigenvalue weighted by Crippen LogP contribution is -2.27. The van der Waals surface area contributed by atoms with E-state index in [2.05, 4.69) is 11.8 Å². The molecule has 0 unspecified atom stereocenters. The summed E-state index contributed by atoms with van der Waals surface area (Å²) in [6, 6.07) is 31.9. The monoisotopic (exact) mass is 538 g/mol. The minimum Gasteiger partial charge on any atom is -0.489 e. The average Bonchev–Trinajstić information content (AvgIpc) is 2.96. The van der Waals surface area contributed by atoms with E-state index in [1.807, 2.05) is 54.6 Å². The molecule has 0 radical (unpaired) electrons. The van der Waals surface area contributed by atoms with Gasteiger partial charge in [-0.3, -0.25) is 4.79 Å². The summed E-state index contributed by atoms with van der Waals surface area (Å²) in [6.07, 6.45) is -0.407. The molecule has 2 atom stereocenters. The van der Waals surface area contributed by atoms with Gasteiger partial charge in [-0.1, -0.05) is 72.5 Å². The van der Waals surface area contributed by atoms with Crippen molar-refractivity contribution in [3.63, 3.8) is 0 Å². The molecular formula is C32H26O6S. The van der Waals surface area contributed by atoms with Gasteiger partial charge in [-0.2, -0.15) is 8.42 Å². The largest absolute Gasteiger partial charge is 0.489 e. The van der Waals surface area contributed by atoms with Gasteiger partial charge in [0.1, 0.15) is 34.9 Å². The fourth-order valence-corrected chi connectivity index (χ4v) is 5.06. The molecule has 1 fully saturated rings. The van der Waals surface area contributed by atoms with E-state index in [1.165, 1.54) is 12.1 Å². The highest BCUT2D eigenvalue weighted by Gasteiger charge is 2.28. The van der Waals surface area contributed by atoms with Gasteiger partial charge in [-0.05, 0) is 59.7 Å². The van der Waals surface area contributed by atoms with Gasteiger partial charge in [0.2, 0.25) is 0 Å². The Hall–Kier alpha value is -4.38. The Kier molecular flexibility index (Phi) is 8.07. The van der Waals surface area contributed by atoms with E-state index < -0.39 is 16.2 Å². The van der Waals surface area contributed by atoms with E-state index in [-0.39, 0.29) is 29.0 Å². The normalized spacial score (nSPS) is 17.1. The molecule has 5 rings (SSSR count). The van der Waals surface area contributed by atoms with Crippen LogP contribution >= 0.6 is 0 Å². The van der Waals surface area contributed by atoms with E-state index in [1.54, 1.807) is 42.5 Å². The third-order valence-corrected chi connectivity index (χ3v) is 7.39. The van der Waals surface area contributed by atoms with Gasteiger partial charge in [0, 0.05) is 18.4 Å². The van der Waals surface area contributed by atoms with Crippen LogP contribution in [0.5, 0.6) is 11.5 Å². The first-order valence-corrected chi connectivity index (χ1v) is 13.9. The molecule has 1 aliphatic rings. The van der Waals surface area contributed by atoms with Crippen LogP contribution in [0.15, 0.2) is 114 Å². The maximum Gasteiger partial charge on any atom is 0.339 e. The molecule has 0 aliphatic carbocycles. The number of benzene rings is 4. The maximum atomic E-state index is 12.4. The molecule has 4 aromatic rings. The highest BCUT2D eigenvalue weighted by Crippen LogP contribution is 2.30. The summed E-state index contributed by atoms with van der Waals surface area (Å²) in [5.41, 5.74) is 2.63. The van der Waals surface area contributed by atoms with Crippen LogP contribution in [-0.4, -0.2) is 20.3 Å². The Morgan fingerprint density at radius 3 is 2.10 bits per heavy atom. The minimum absolute atomic E-state index is 0.0805. The smallest absolute Gasteiger partial charge is 0.339 e. The van der Waals surface area contributed by atoms with Gasteiger partial charge in [0.25, 0.3) is 0 Å². The summed E-state index contributed by atoms with van der Waals surface area (Å²) in [5, 5.41) is 0. The lowest BCUT2D eigenvalue weighted by Gasteiger charge is -2.26. The van der Waals surface area contributed by atoms with E-state index in [0.717, 1.165) is 16.9 Å². The van der Waals surface area contributed by atoms with Crippen molar-refractivity contribution >= 4 is 15.9 Å². The first kappa shape index (κ1) is 26.2. The van der Waals surface area contributed by atoms with Crippen LogP contribution in [0.3, 0.4) is 0 Å². The second-order valence-electron chi connectivity index (χ2n) is 9.05. The van der Waals surface area contributed by atoms with E-state index in [4.69, 9.17) is 13.7 Å². The molecule has 4 aromatic carbocycles. The summed E-state index contributed by atoms with van der Waals surface area (Å²) in [6.45, 7) is 0.478. The second kappa shape index (κ2) is 12.0. The predicted octanol–water partition coefficient (Wildman–Crippen LogP) is 5.87. The SMILES string of the molecule is O=C1C[C@@H](c2ccc(OCc3ccccc3)cc2)O[C@@H](C#Cc2ccc(OS(=O)(=O)c3ccccc3)cc2)C1. The molecule has 6 nitrogen and oxygen atoms in total. The molecule has 0 saturated carbocycles. The van der Waals surface area contributed by atoms with Crippen LogP contribution in [0.2, 0.25) is 0 Å². The van der Waals surface area contributed by atoms with Gasteiger partial charge in [-0.25, -0.2) is 0 Å². The Bertz CT molecular complexity index is 1570. The molecule has 39 heavy (non-hydrogen) atoms. The van der Waals surface area contributed by atoms with Crippen molar-refractivity contribution in [3.05, 3.63) is 126 Å². The first-order valence-electron chi connectivity index (χ1n) is 12.5. The molecule has 1 heterocycles. The highest BCUT2D eigenvalue weighted by molar-refractivity contribution is 7.87. The van der Waals surface area contributed by atoms with Gasteiger partial charge in [-0.15, -0.1) is 0 Å². The molecule has 0 bridgehead atoms. The number of hydrogen-bond donors (Lipinski definition) is 0. The summed E-state index contributed by atoms with van der Waals surface area (Å²) < 4.78 is 42.0. The molecule has 1 aliphatic heterocycles. The second-order valence-corrected chi connectivity index (χ2v) is 10.6. The Balaban J connectivity index is 1.19. The third-order valence-electron chi connectivity index (χ3n) is 6.12. The van der Waals surface area contributed by atoms with Crippen molar-refractivity contribution in [2.75, 3.05) is 0 Å². The molecule has 0 N–H and O–H groups in total. The number of Topliss-reactive ketones (excluding diaryl/α,β-unsaturated/α-hetero) is 1. The van der Waals surface area contributed by atoms with Crippen molar-refractivity contribution in [2.45, 2.75) is 36.6 Å². The number of carbonyl (C=O) groups excluding carboxylic acids is 1. The number of carbonyl (C=O) groups is 1. The zero-order valence-corrected chi connectivity index (χ0v) is 21.8. The van der Waals surface area contributed by atoms with Crippen molar-refractivity contribution in [1.82, 2.24) is 0 Å². The topological polar surface area (TPSA) is 78.9 Å². The standard InChI is InChI=1S/C32H26O6S/c33-27-21-30(18-13-24-11-16-29(17-12-24)38-39(34,35)31-9-5-2-6-10-31)37-32(22-27)26-14-19-28(20-15-26)36-23-25-7-3-1-4-8-25/h1-12,14-17,19-20,30,32H,21-23H2/t30-,32-/m0/s1. The predicted molar refractivity (Wildman–Crippen MR) is 147 cm³/mol. The quantitative estimate of drug-likeness (QED) is 0.216. The molecule has 0 amide bonds. The van der Waals surface area contributed by atoms with Crippen molar-refractivity contribution in [2.24, 2.45) is 0 Å². The average molecular weight is 539 g/mol. The minimum atomic E-state index is -3.91. The van der Waals surface area contributed by atoms with Gasteiger partial charge in [0.05, 0.1) is 6.10 Å². The molecular weight excluding hydrogens is 512 g/mol. The fraction of sp³-hybridized carbons (Fsp3) is 0.156. The molecule has 0 aromatic heterocycles. The first-order chi connectivity index (χ1) is 18.9. The van der Waals surface area contributed by atoms with Gasteiger partial charge < -0.3 is 13.7 Å². The zero-order valence-electron chi connectivity index (χ0n) is 21.0. The summed E-state index contributed by atoms with van der Waals surface area (Å²) in [4.78, 5) is 12.5. The molecule has 196 valence electrons. The van der Waals surface area contributed by atoms with Crippen LogP contribution in [0, 0.1) is 11.8 Å². The number of ketones is 1. The van der Waals surface area contributed by atoms with E-state index >= 15 is 0 Å². The zero-order chi connectivity index (χ0) is 27.1. The summed E-state index contributed by atoms with van der Waals surface area (Å²) in [5.74, 6) is 7.07. The Morgan fingerprint density at radius 1 is 0.769 bits per heavy atom. The highest BCUT2D eigenvalue weighted by atomic mass is 32.2. The summed E-state index contributed by atoms with van der Waals surface area (Å²) in [7, 11) is -3.91. The van der Waals surface area contributed by atoms with E-state index in [9.17, 15) is 13.2 Å². The Morgan fingerprint density at radius 2 is 1.41 bits per heavy atom.